The molecule has 0 aliphatic heterocycles. The van der Waals surface area contributed by atoms with E-state index in [1.165, 1.54) is 4.88 Å². The molecule has 4 nitrogen and oxygen atoms in total. The van der Waals surface area contributed by atoms with E-state index in [4.69, 9.17) is 10.2 Å². The van der Waals surface area contributed by atoms with Crippen LogP contribution in [0.15, 0.2) is 12.1 Å². The van der Waals surface area contributed by atoms with Gasteiger partial charge in [-0.2, -0.15) is 0 Å². The van der Waals surface area contributed by atoms with Gasteiger partial charge >= 0.3 is 5.97 Å². The Bertz CT molecular complexity index is 338. The predicted molar refractivity (Wildman–Crippen MR) is 68.3 cm³/mol. The molecule has 0 amide bonds. The van der Waals surface area contributed by atoms with E-state index in [0.717, 1.165) is 37.2 Å². The second-order valence-corrected chi connectivity index (χ2v) is 5.15. The summed E-state index contributed by atoms with van der Waals surface area (Å²) >= 11 is 1.55. The van der Waals surface area contributed by atoms with Crippen molar-refractivity contribution in [1.82, 2.24) is 5.32 Å². The van der Waals surface area contributed by atoms with Crippen molar-refractivity contribution in [2.24, 2.45) is 0 Å². The average molecular weight is 257 g/mol. The number of aliphatic carboxylic acids is 1. The number of rotatable bonds is 9. The van der Waals surface area contributed by atoms with Crippen molar-refractivity contribution >= 4 is 17.3 Å². The van der Waals surface area contributed by atoms with E-state index in [9.17, 15) is 4.79 Å². The maximum Gasteiger partial charge on any atom is 0.308 e. The maximum absolute atomic E-state index is 10.5. The summed E-state index contributed by atoms with van der Waals surface area (Å²) in [5.74, 6) is -0.782. The fraction of sp³-hybridized carbons (Fsp3) is 0.583. The first-order valence-corrected chi connectivity index (χ1v) is 6.65. The first-order valence-electron chi connectivity index (χ1n) is 5.83. The Labute approximate surface area is 105 Å². The smallest absolute Gasteiger partial charge is 0.308 e. The van der Waals surface area contributed by atoms with Gasteiger partial charge in [-0.3, -0.25) is 4.79 Å². The van der Waals surface area contributed by atoms with Crippen LogP contribution in [0.25, 0.3) is 0 Å². The zero-order valence-electron chi connectivity index (χ0n) is 9.82. The summed E-state index contributed by atoms with van der Waals surface area (Å²) < 4.78 is 0. The van der Waals surface area contributed by atoms with E-state index in [0.29, 0.717) is 0 Å². The number of aliphatic hydroxyl groups is 1. The van der Waals surface area contributed by atoms with Crippen LogP contribution >= 0.6 is 11.3 Å². The number of thiophene rings is 1. The number of carbonyl (C=O) groups is 1. The molecule has 0 spiro atoms. The van der Waals surface area contributed by atoms with E-state index >= 15 is 0 Å². The number of aliphatic hydroxyl groups excluding tert-OH is 1. The van der Waals surface area contributed by atoms with Crippen molar-refractivity contribution in [3.63, 3.8) is 0 Å². The van der Waals surface area contributed by atoms with E-state index in [2.05, 4.69) is 5.32 Å². The van der Waals surface area contributed by atoms with Gasteiger partial charge in [0.25, 0.3) is 0 Å². The van der Waals surface area contributed by atoms with Crippen LogP contribution in [0.4, 0.5) is 0 Å². The van der Waals surface area contributed by atoms with Crippen molar-refractivity contribution in [2.45, 2.75) is 32.2 Å². The zero-order chi connectivity index (χ0) is 12.5. The Morgan fingerprint density at radius 2 is 2.00 bits per heavy atom. The minimum absolute atomic E-state index is 0.112. The largest absolute Gasteiger partial charge is 0.481 e. The third-order valence-electron chi connectivity index (χ3n) is 2.35. The minimum atomic E-state index is -0.782. The summed E-state index contributed by atoms with van der Waals surface area (Å²) in [5.41, 5.74) is 0. The Hall–Kier alpha value is -0.910. The molecule has 0 aromatic carbocycles. The molecule has 17 heavy (non-hydrogen) atoms. The minimum Gasteiger partial charge on any atom is -0.481 e. The summed E-state index contributed by atoms with van der Waals surface area (Å²) in [6, 6.07) is 3.85. The van der Waals surface area contributed by atoms with Crippen molar-refractivity contribution in [3.8, 4) is 0 Å². The topological polar surface area (TPSA) is 69.6 Å². The van der Waals surface area contributed by atoms with Crippen LogP contribution in [0.3, 0.4) is 0 Å². The number of carboxylic acid groups (broad SMARTS) is 1. The molecular formula is C12H19NO3S. The molecule has 96 valence electrons. The number of unbranched alkanes of at least 4 members (excludes halogenated alkanes) is 2. The van der Waals surface area contributed by atoms with Crippen LogP contribution < -0.4 is 5.32 Å². The lowest BCUT2D eigenvalue weighted by Crippen LogP contribution is -2.13. The summed E-state index contributed by atoms with van der Waals surface area (Å²) in [6.07, 6.45) is 3.08. The molecule has 1 heterocycles. The molecule has 0 saturated heterocycles. The molecule has 0 bridgehead atoms. The molecule has 1 rings (SSSR count). The number of hydrogen-bond donors (Lipinski definition) is 3. The molecule has 1 aromatic rings. The van der Waals surface area contributed by atoms with Crippen molar-refractivity contribution in [2.75, 3.05) is 13.2 Å². The molecule has 1 aromatic heterocycles. The van der Waals surface area contributed by atoms with Crippen LogP contribution in [0.1, 0.15) is 29.0 Å². The normalized spacial score (nSPS) is 10.6. The van der Waals surface area contributed by atoms with Crippen LogP contribution in [0, 0.1) is 0 Å². The Balaban J connectivity index is 2.14. The van der Waals surface area contributed by atoms with E-state index in [-0.39, 0.29) is 13.0 Å². The first-order chi connectivity index (χ1) is 8.22. The third-order valence-corrected chi connectivity index (χ3v) is 3.44. The summed E-state index contributed by atoms with van der Waals surface area (Å²) in [7, 11) is 0. The van der Waals surface area contributed by atoms with Gasteiger partial charge in [-0.15, -0.1) is 11.3 Å². The number of hydrogen-bond acceptors (Lipinski definition) is 4. The highest BCUT2D eigenvalue weighted by molar-refractivity contribution is 7.12. The number of nitrogens with one attached hydrogen (secondary N) is 1. The predicted octanol–water partition coefficient (Wildman–Crippen LogP) is 1.63. The van der Waals surface area contributed by atoms with Crippen LogP contribution in [-0.4, -0.2) is 29.3 Å². The van der Waals surface area contributed by atoms with Crippen LogP contribution in [-0.2, 0) is 17.8 Å². The molecule has 0 aliphatic carbocycles. The van der Waals surface area contributed by atoms with Gasteiger partial charge in [-0.05, 0) is 37.9 Å². The van der Waals surface area contributed by atoms with Gasteiger partial charge in [-0.25, -0.2) is 0 Å². The SMILES string of the molecule is O=C(O)Cc1ccc(CNCCCCCO)s1. The third kappa shape index (κ3) is 6.41. The van der Waals surface area contributed by atoms with Gasteiger partial charge in [0.15, 0.2) is 0 Å². The monoisotopic (exact) mass is 257 g/mol. The van der Waals surface area contributed by atoms with Gasteiger partial charge in [-0.1, -0.05) is 0 Å². The second kappa shape index (κ2) is 8.22. The van der Waals surface area contributed by atoms with Gasteiger partial charge < -0.3 is 15.5 Å². The molecule has 5 heteroatoms. The van der Waals surface area contributed by atoms with Crippen molar-refractivity contribution in [1.29, 1.82) is 0 Å². The second-order valence-electron chi connectivity index (χ2n) is 3.90. The Morgan fingerprint density at radius 3 is 2.71 bits per heavy atom. The van der Waals surface area contributed by atoms with Crippen LogP contribution in [0.2, 0.25) is 0 Å². The van der Waals surface area contributed by atoms with Gasteiger partial charge in [0.2, 0.25) is 0 Å². The highest BCUT2D eigenvalue weighted by Gasteiger charge is 2.04. The Morgan fingerprint density at radius 1 is 1.24 bits per heavy atom. The molecule has 0 atom stereocenters. The average Bonchev–Trinajstić information content (AvgIpc) is 2.70. The molecule has 0 saturated carbocycles. The lowest BCUT2D eigenvalue weighted by atomic mass is 10.2. The fourth-order valence-corrected chi connectivity index (χ4v) is 2.49. The molecule has 0 unspecified atom stereocenters. The van der Waals surface area contributed by atoms with E-state index in [1.807, 2.05) is 12.1 Å². The molecule has 0 aliphatic rings. The first kappa shape index (κ1) is 14.2. The van der Waals surface area contributed by atoms with Gasteiger partial charge in [0, 0.05) is 22.9 Å². The lowest BCUT2D eigenvalue weighted by molar-refractivity contribution is -0.136. The quantitative estimate of drug-likeness (QED) is 0.588. The van der Waals surface area contributed by atoms with Crippen molar-refractivity contribution < 1.29 is 15.0 Å². The van der Waals surface area contributed by atoms with Crippen LogP contribution in [0.5, 0.6) is 0 Å². The summed E-state index contributed by atoms with van der Waals surface area (Å²) in [5, 5.41) is 20.6. The van der Waals surface area contributed by atoms with E-state index in [1.54, 1.807) is 11.3 Å². The Kier molecular flexibility index (Phi) is 6.84. The van der Waals surface area contributed by atoms with Crippen molar-refractivity contribution in [3.05, 3.63) is 21.9 Å². The molecule has 3 N–H and O–H groups in total. The molecule has 0 radical (unpaired) electrons. The van der Waals surface area contributed by atoms with E-state index < -0.39 is 5.97 Å². The standard InChI is InChI=1S/C12H19NO3S/c14-7-3-1-2-6-13-9-11-5-4-10(17-11)8-12(15)16/h4-5,13-14H,1-3,6-9H2,(H,15,16). The summed E-state index contributed by atoms with van der Waals surface area (Å²) in [6.45, 7) is 2.00. The highest BCUT2D eigenvalue weighted by Crippen LogP contribution is 2.16. The lowest BCUT2D eigenvalue weighted by Gasteiger charge is -2.02. The maximum atomic E-state index is 10.5. The molecular weight excluding hydrogens is 238 g/mol. The fourth-order valence-electron chi connectivity index (χ4n) is 1.51. The van der Waals surface area contributed by atoms with Gasteiger partial charge in [0.1, 0.15) is 0 Å². The summed E-state index contributed by atoms with van der Waals surface area (Å²) in [4.78, 5) is 12.6. The highest BCUT2D eigenvalue weighted by atomic mass is 32.1. The number of carboxylic acids is 1. The van der Waals surface area contributed by atoms with Gasteiger partial charge in [0.05, 0.1) is 6.42 Å². The molecule has 0 fully saturated rings. The zero-order valence-corrected chi connectivity index (χ0v) is 10.6.